The number of rotatable bonds is 2. The van der Waals surface area contributed by atoms with Crippen molar-refractivity contribution in [2.75, 3.05) is 0 Å². The summed E-state index contributed by atoms with van der Waals surface area (Å²) in [6.45, 7) is 16.3. The molecule has 16 heavy (non-hydrogen) atoms. The molecule has 0 unspecified atom stereocenters. The van der Waals surface area contributed by atoms with E-state index < -0.39 is 0 Å². The van der Waals surface area contributed by atoms with Crippen molar-refractivity contribution >= 4 is 5.57 Å². The topological polar surface area (TPSA) is 0 Å². The summed E-state index contributed by atoms with van der Waals surface area (Å²) in [6.07, 6.45) is 4.00. The molecule has 0 radical (unpaired) electrons. The monoisotopic (exact) mass is 216 g/mol. The summed E-state index contributed by atoms with van der Waals surface area (Å²) in [4.78, 5) is 0. The maximum absolute atomic E-state index is 3.82. The minimum absolute atomic E-state index is 1.20. The lowest BCUT2D eigenvalue weighted by molar-refractivity contribution is 1.26. The van der Waals surface area contributed by atoms with Crippen LogP contribution in [0.2, 0.25) is 0 Å². The molecule has 0 nitrogen and oxygen atoms in total. The van der Waals surface area contributed by atoms with E-state index in [1.807, 2.05) is 26.8 Å². The van der Waals surface area contributed by atoms with Crippen LogP contribution in [0.3, 0.4) is 0 Å². The maximum atomic E-state index is 3.82. The summed E-state index contributed by atoms with van der Waals surface area (Å²) in [5.41, 5.74) is 6.55. The third-order valence-electron chi connectivity index (χ3n) is 2.79. The van der Waals surface area contributed by atoms with Gasteiger partial charge in [-0.15, -0.1) is 0 Å². The van der Waals surface area contributed by atoms with Gasteiger partial charge in [-0.25, -0.2) is 0 Å². The van der Waals surface area contributed by atoms with Crippen LogP contribution in [-0.4, -0.2) is 0 Å². The third kappa shape index (κ3) is 3.37. The molecule has 0 spiro atoms. The second-order valence-electron chi connectivity index (χ2n) is 3.68. The smallest absolute Gasteiger partial charge is 0.0182 e. The molecule has 0 saturated heterocycles. The summed E-state index contributed by atoms with van der Waals surface area (Å²) in [7, 11) is 0. The number of benzene rings is 1. The molecule has 0 N–H and O–H groups in total. The fourth-order valence-electron chi connectivity index (χ4n) is 1.60. The van der Waals surface area contributed by atoms with E-state index in [4.69, 9.17) is 0 Å². The lowest BCUT2D eigenvalue weighted by atomic mass is 9.96. The van der Waals surface area contributed by atoms with Crippen LogP contribution in [0.1, 0.15) is 43.0 Å². The van der Waals surface area contributed by atoms with Gasteiger partial charge in [-0.3, -0.25) is 0 Å². The molecular formula is C16H24. The molecule has 0 saturated carbocycles. The van der Waals surface area contributed by atoms with Gasteiger partial charge in [0, 0.05) is 0 Å². The van der Waals surface area contributed by atoms with Crippen molar-refractivity contribution < 1.29 is 0 Å². The van der Waals surface area contributed by atoms with Crippen LogP contribution in [-0.2, 0) is 0 Å². The molecule has 0 fully saturated rings. The molecule has 0 aromatic heterocycles. The van der Waals surface area contributed by atoms with E-state index in [-0.39, 0.29) is 0 Å². The van der Waals surface area contributed by atoms with E-state index in [1.165, 1.54) is 27.8 Å². The average Bonchev–Trinajstić information content (AvgIpc) is 2.30. The Balaban J connectivity index is 0.00000106. The van der Waals surface area contributed by atoms with Crippen LogP contribution in [0.25, 0.3) is 5.57 Å². The first-order valence-electron chi connectivity index (χ1n) is 5.97. The molecule has 1 aromatic rings. The van der Waals surface area contributed by atoms with Crippen molar-refractivity contribution in [1.82, 2.24) is 0 Å². The van der Waals surface area contributed by atoms with Crippen molar-refractivity contribution in [3.8, 4) is 0 Å². The standard InChI is InChI=1S/C14H18.C2H6/c1-6-13(7-2)14-8-10(3)12(5)11(4)9-14;1-2/h6-9H,1H2,2-5H3;1-2H3/b13-7+;. The molecule has 0 bridgehead atoms. The Morgan fingerprint density at radius 2 is 1.50 bits per heavy atom. The molecule has 1 aromatic carbocycles. The zero-order valence-corrected chi connectivity index (χ0v) is 11.5. The Morgan fingerprint density at radius 1 is 1.06 bits per heavy atom. The number of allylic oxidation sites excluding steroid dienone is 3. The molecule has 0 aliphatic carbocycles. The van der Waals surface area contributed by atoms with Crippen molar-refractivity contribution in [2.45, 2.75) is 41.5 Å². The molecule has 88 valence electrons. The van der Waals surface area contributed by atoms with Gasteiger partial charge in [0.05, 0.1) is 0 Å². The summed E-state index contributed by atoms with van der Waals surface area (Å²) in [5.74, 6) is 0. The van der Waals surface area contributed by atoms with Crippen LogP contribution in [0.4, 0.5) is 0 Å². The Morgan fingerprint density at radius 3 is 1.81 bits per heavy atom. The molecule has 0 aliphatic rings. The van der Waals surface area contributed by atoms with Gasteiger partial charge in [-0.2, -0.15) is 0 Å². The minimum Gasteiger partial charge on any atom is -0.0985 e. The van der Waals surface area contributed by atoms with E-state index in [1.54, 1.807) is 0 Å². The van der Waals surface area contributed by atoms with Crippen LogP contribution >= 0.6 is 0 Å². The van der Waals surface area contributed by atoms with Gasteiger partial charge < -0.3 is 0 Å². The summed E-state index contributed by atoms with van der Waals surface area (Å²) >= 11 is 0. The van der Waals surface area contributed by atoms with Gasteiger partial charge >= 0.3 is 0 Å². The molecule has 0 atom stereocenters. The second-order valence-corrected chi connectivity index (χ2v) is 3.68. The van der Waals surface area contributed by atoms with Crippen molar-refractivity contribution in [3.05, 3.63) is 53.1 Å². The summed E-state index contributed by atoms with van der Waals surface area (Å²) < 4.78 is 0. The number of hydrogen-bond acceptors (Lipinski definition) is 0. The fraction of sp³-hybridized carbons (Fsp3) is 0.375. The number of hydrogen-bond donors (Lipinski definition) is 0. The van der Waals surface area contributed by atoms with E-state index in [0.717, 1.165) is 0 Å². The lowest BCUT2D eigenvalue weighted by Gasteiger charge is -2.09. The molecular weight excluding hydrogens is 192 g/mol. The van der Waals surface area contributed by atoms with Crippen LogP contribution in [0.15, 0.2) is 30.9 Å². The van der Waals surface area contributed by atoms with E-state index >= 15 is 0 Å². The Labute approximate surface area is 101 Å². The highest BCUT2D eigenvalue weighted by molar-refractivity contribution is 5.74. The Bertz CT molecular complexity index is 358. The summed E-state index contributed by atoms with van der Waals surface area (Å²) in [6, 6.07) is 4.44. The average molecular weight is 216 g/mol. The molecule has 0 heteroatoms. The zero-order valence-electron chi connectivity index (χ0n) is 11.5. The third-order valence-corrected chi connectivity index (χ3v) is 2.79. The van der Waals surface area contributed by atoms with Gasteiger partial charge in [0.1, 0.15) is 0 Å². The second kappa shape index (κ2) is 7.05. The van der Waals surface area contributed by atoms with Gasteiger partial charge in [-0.1, -0.05) is 44.7 Å². The minimum atomic E-state index is 1.20. The van der Waals surface area contributed by atoms with E-state index in [0.29, 0.717) is 0 Å². The van der Waals surface area contributed by atoms with Crippen LogP contribution in [0, 0.1) is 20.8 Å². The zero-order chi connectivity index (χ0) is 12.7. The Kier molecular flexibility index (Phi) is 6.48. The first-order chi connectivity index (χ1) is 7.60. The van der Waals surface area contributed by atoms with Crippen LogP contribution < -0.4 is 0 Å². The van der Waals surface area contributed by atoms with Gasteiger partial charge in [0.2, 0.25) is 0 Å². The van der Waals surface area contributed by atoms with Crippen molar-refractivity contribution in [2.24, 2.45) is 0 Å². The molecule has 0 amide bonds. The number of aryl methyl sites for hydroxylation is 2. The van der Waals surface area contributed by atoms with Crippen LogP contribution in [0.5, 0.6) is 0 Å². The van der Waals surface area contributed by atoms with Crippen molar-refractivity contribution in [1.29, 1.82) is 0 Å². The Hall–Kier alpha value is -1.30. The maximum Gasteiger partial charge on any atom is -0.0182 e. The fourth-order valence-corrected chi connectivity index (χ4v) is 1.60. The normalized spacial score (nSPS) is 10.5. The lowest BCUT2D eigenvalue weighted by Crippen LogP contribution is -1.90. The quantitative estimate of drug-likeness (QED) is 0.594. The highest BCUT2D eigenvalue weighted by Gasteiger charge is 2.02. The van der Waals surface area contributed by atoms with Crippen molar-refractivity contribution in [3.63, 3.8) is 0 Å². The first kappa shape index (κ1) is 14.7. The SMILES string of the molecule is C=C/C(=C\C)c1cc(C)c(C)c(C)c1.CC. The van der Waals surface area contributed by atoms with Gasteiger partial charge in [0.15, 0.2) is 0 Å². The molecule has 0 heterocycles. The van der Waals surface area contributed by atoms with E-state index in [9.17, 15) is 0 Å². The summed E-state index contributed by atoms with van der Waals surface area (Å²) in [5, 5.41) is 0. The largest absolute Gasteiger partial charge is 0.0985 e. The van der Waals surface area contributed by atoms with E-state index in [2.05, 4.69) is 45.6 Å². The van der Waals surface area contributed by atoms with Gasteiger partial charge in [-0.05, 0) is 55.5 Å². The predicted molar refractivity (Wildman–Crippen MR) is 75.8 cm³/mol. The molecule has 1 rings (SSSR count). The highest BCUT2D eigenvalue weighted by atomic mass is 14.1. The predicted octanol–water partition coefficient (Wildman–Crippen LogP) is 5.23. The first-order valence-corrected chi connectivity index (χ1v) is 5.97. The molecule has 0 aliphatic heterocycles. The highest BCUT2D eigenvalue weighted by Crippen LogP contribution is 2.21. The van der Waals surface area contributed by atoms with Gasteiger partial charge in [0.25, 0.3) is 0 Å².